The zero-order valence-corrected chi connectivity index (χ0v) is 21.8. The minimum absolute atomic E-state index is 0.249. The van der Waals surface area contributed by atoms with Gasteiger partial charge in [-0.25, -0.2) is 0 Å². The monoisotopic (exact) mass is 526 g/mol. The Morgan fingerprint density at radius 2 is 1.50 bits per heavy atom. The van der Waals surface area contributed by atoms with Gasteiger partial charge < -0.3 is 4.90 Å². The fraction of sp³-hybridized carbons (Fsp3) is 0.179. The molecule has 10 heteroatoms. The summed E-state index contributed by atoms with van der Waals surface area (Å²) in [6, 6.07) is 25.0. The van der Waals surface area contributed by atoms with E-state index in [4.69, 9.17) is 5.26 Å². The topological polar surface area (TPSA) is 131 Å². The number of nitriles is 1. The van der Waals surface area contributed by atoms with Crippen LogP contribution in [0.3, 0.4) is 0 Å². The molecule has 0 aliphatic rings. The van der Waals surface area contributed by atoms with Gasteiger partial charge in [-0.05, 0) is 61.9 Å². The van der Waals surface area contributed by atoms with Gasteiger partial charge in [0, 0.05) is 29.5 Å². The van der Waals surface area contributed by atoms with Crippen molar-refractivity contribution in [3.63, 3.8) is 0 Å². The molecule has 4 aromatic carbocycles. The molecule has 0 saturated heterocycles. The third-order valence-electron chi connectivity index (χ3n) is 5.97. The molecule has 0 aliphatic carbocycles. The van der Waals surface area contributed by atoms with Gasteiger partial charge in [-0.15, -0.1) is 10.2 Å². The van der Waals surface area contributed by atoms with Gasteiger partial charge in [-0.2, -0.15) is 23.9 Å². The van der Waals surface area contributed by atoms with Crippen LogP contribution in [0, 0.1) is 18.3 Å². The van der Waals surface area contributed by atoms with Crippen molar-refractivity contribution in [1.82, 2.24) is 0 Å². The van der Waals surface area contributed by atoms with E-state index in [0.29, 0.717) is 30.0 Å². The van der Waals surface area contributed by atoms with Gasteiger partial charge in [0.1, 0.15) is 0 Å². The van der Waals surface area contributed by atoms with Crippen molar-refractivity contribution >= 4 is 49.3 Å². The van der Waals surface area contributed by atoms with Crippen LogP contribution in [-0.4, -0.2) is 26.1 Å². The molecule has 0 heterocycles. The molecule has 0 radical (unpaired) electrons. The molecule has 0 unspecified atom stereocenters. The molecule has 0 saturated carbocycles. The van der Waals surface area contributed by atoms with Gasteiger partial charge in [-0.3, -0.25) is 4.55 Å². The highest BCUT2D eigenvalue weighted by atomic mass is 32.2. The van der Waals surface area contributed by atoms with Crippen molar-refractivity contribution in [2.24, 2.45) is 20.5 Å². The van der Waals surface area contributed by atoms with E-state index in [-0.39, 0.29) is 4.90 Å². The Morgan fingerprint density at radius 1 is 0.842 bits per heavy atom. The molecule has 0 atom stereocenters. The zero-order chi connectivity index (χ0) is 27.1. The lowest BCUT2D eigenvalue weighted by Gasteiger charge is -2.22. The summed E-state index contributed by atoms with van der Waals surface area (Å²) >= 11 is 0. The summed E-state index contributed by atoms with van der Waals surface area (Å²) in [7, 11) is -4.33. The van der Waals surface area contributed by atoms with E-state index < -0.39 is 10.1 Å². The number of nitrogens with zero attached hydrogens (tertiary/aromatic N) is 6. The van der Waals surface area contributed by atoms with Crippen LogP contribution in [0.5, 0.6) is 0 Å². The van der Waals surface area contributed by atoms with E-state index in [1.54, 1.807) is 18.2 Å². The van der Waals surface area contributed by atoms with Crippen LogP contribution in [0.1, 0.15) is 18.9 Å². The van der Waals surface area contributed by atoms with Gasteiger partial charge in [0.25, 0.3) is 10.1 Å². The normalized spacial score (nSPS) is 11.8. The Hall–Kier alpha value is -4.46. The summed E-state index contributed by atoms with van der Waals surface area (Å²) in [4.78, 5) is 1.88. The number of aryl methyl sites for hydroxylation is 1. The second-order valence-electron chi connectivity index (χ2n) is 8.48. The standard InChI is InChI=1S/C28H26N6O3S/c1-3-34(17-7-16-29)22-13-12-20(2)28(19-22)33-32-27-15-14-26(24-10-4-5-11-25(24)27)31-30-21-8-6-9-23(18-21)38(35,36)37/h4-6,8-15,18-19H,3,7,17H2,1-2H3,(H,35,36,37). The molecule has 9 nitrogen and oxygen atoms in total. The lowest BCUT2D eigenvalue weighted by molar-refractivity contribution is 0.483. The summed E-state index contributed by atoms with van der Waals surface area (Å²) < 4.78 is 32.1. The number of hydrogen-bond donors (Lipinski definition) is 1. The minimum atomic E-state index is -4.33. The smallest absolute Gasteiger partial charge is 0.294 e. The van der Waals surface area contributed by atoms with Crippen LogP contribution >= 0.6 is 0 Å². The number of fused-ring (bicyclic) bond motifs is 1. The van der Waals surface area contributed by atoms with Crippen LogP contribution < -0.4 is 4.90 Å². The quantitative estimate of drug-likeness (QED) is 0.174. The maximum atomic E-state index is 11.4. The summed E-state index contributed by atoms with van der Waals surface area (Å²) in [6.45, 7) is 5.45. The second-order valence-corrected chi connectivity index (χ2v) is 9.90. The summed E-state index contributed by atoms with van der Waals surface area (Å²) in [5, 5.41) is 28.1. The number of azo groups is 2. The average Bonchev–Trinajstić information content (AvgIpc) is 2.92. The van der Waals surface area contributed by atoms with E-state index in [2.05, 4.69) is 38.3 Å². The highest BCUT2D eigenvalue weighted by Crippen LogP contribution is 2.36. The van der Waals surface area contributed by atoms with Crippen LogP contribution in [0.4, 0.5) is 28.4 Å². The van der Waals surface area contributed by atoms with Crippen LogP contribution in [0.2, 0.25) is 0 Å². The molecule has 0 bridgehead atoms. The molecule has 0 aromatic heterocycles. The lowest BCUT2D eigenvalue weighted by Crippen LogP contribution is -2.23. The Kier molecular flexibility index (Phi) is 8.21. The second kappa shape index (κ2) is 11.7. The molecule has 4 aromatic rings. The Bertz CT molecular complexity index is 1680. The highest BCUT2D eigenvalue weighted by Gasteiger charge is 2.11. The van der Waals surface area contributed by atoms with Crippen molar-refractivity contribution in [2.75, 3.05) is 18.0 Å². The first-order chi connectivity index (χ1) is 18.3. The number of hydrogen-bond acceptors (Lipinski definition) is 8. The third-order valence-corrected chi connectivity index (χ3v) is 6.81. The first-order valence-corrected chi connectivity index (χ1v) is 13.4. The molecule has 0 aliphatic heterocycles. The van der Waals surface area contributed by atoms with Crippen LogP contribution in [-0.2, 0) is 10.1 Å². The van der Waals surface area contributed by atoms with E-state index >= 15 is 0 Å². The Labute approximate surface area is 221 Å². The number of benzene rings is 4. The van der Waals surface area contributed by atoms with Crippen molar-refractivity contribution in [1.29, 1.82) is 5.26 Å². The summed E-state index contributed by atoms with van der Waals surface area (Å²) in [5.41, 5.74) is 4.24. The van der Waals surface area contributed by atoms with Crippen molar-refractivity contribution < 1.29 is 13.0 Å². The van der Waals surface area contributed by atoms with E-state index in [1.807, 2.05) is 49.4 Å². The number of rotatable bonds is 9. The van der Waals surface area contributed by atoms with E-state index in [1.165, 1.54) is 18.2 Å². The third kappa shape index (κ3) is 6.26. The van der Waals surface area contributed by atoms with Gasteiger partial charge in [0.05, 0.1) is 40.1 Å². The fourth-order valence-corrected chi connectivity index (χ4v) is 4.44. The Balaban J connectivity index is 1.66. The van der Waals surface area contributed by atoms with E-state index in [9.17, 15) is 13.0 Å². The summed E-state index contributed by atoms with van der Waals surface area (Å²) in [6.07, 6.45) is 0.445. The highest BCUT2D eigenvalue weighted by molar-refractivity contribution is 7.85. The predicted molar refractivity (Wildman–Crippen MR) is 148 cm³/mol. The van der Waals surface area contributed by atoms with Gasteiger partial charge in [-0.1, -0.05) is 36.4 Å². The first-order valence-electron chi connectivity index (χ1n) is 12.0. The molecule has 192 valence electrons. The zero-order valence-electron chi connectivity index (χ0n) is 21.0. The van der Waals surface area contributed by atoms with Crippen LogP contribution in [0.15, 0.2) is 104 Å². The predicted octanol–water partition coefficient (Wildman–Crippen LogP) is 7.97. The molecule has 0 amide bonds. The molecular formula is C28H26N6O3S. The van der Waals surface area contributed by atoms with Crippen LogP contribution in [0.25, 0.3) is 10.8 Å². The van der Waals surface area contributed by atoms with Crippen molar-refractivity contribution in [3.8, 4) is 6.07 Å². The average molecular weight is 527 g/mol. The van der Waals surface area contributed by atoms with Gasteiger partial charge >= 0.3 is 0 Å². The molecule has 1 N–H and O–H groups in total. The van der Waals surface area contributed by atoms with Crippen molar-refractivity contribution in [3.05, 3.63) is 84.4 Å². The minimum Gasteiger partial charge on any atom is -0.371 e. The first kappa shape index (κ1) is 26.6. The largest absolute Gasteiger partial charge is 0.371 e. The maximum absolute atomic E-state index is 11.4. The van der Waals surface area contributed by atoms with Crippen molar-refractivity contribution in [2.45, 2.75) is 25.2 Å². The Morgan fingerprint density at radius 3 is 2.13 bits per heavy atom. The number of anilines is 1. The lowest BCUT2D eigenvalue weighted by atomic mass is 10.1. The van der Waals surface area contributed by atoms with Gasteiger partial charge in [0.15, 0.2) is 0 Å². The summed E-state index contributed by atoms with van der Waals surface area (Å²) in [5.74, 6) is 0. The molecule has 0 fully saturated rings. The van der Waals surface area contributed by atoms with E-state index in [0.717, 1.165) is 34.3 Å². The molecule has 0 spiro atoms. The molecular weight excluding hydrogens is 500 g/mol. The molecule has 38 heavy (non-hydrogen) atoms. The van der Waals surface area contributed by atoms with Gasteiger partial charge in [0.2, 0.25) is 0 Å². The molecule has 4 rings (SSSR count). The maximum Gasteiger partial charge on any atom is 0.294 e. The fourth-order valence-electron chi connectivity index (χ4n) is 3.92. The SMILES string of the molecule is CCN(CCC#N)c1ccc(C)c(N=Nc2ccc(N=Nc3cccc(S(=O)(=O)O)c3)c3ccccc23)c1.